The Labute approximate surface area is 161 Å². The number of amides is 2. The second kappa shape index (κ2) is 7.66. The summed E-state index contributed by atoms with van der Waals surface area (Å²) in [6, 6.07) is 10.0. The first-order valence-electron chi connectivity index (χ1n) is 9.08. The van der Waals surface area contributed by atoms with E-state index in [2.05, 4.69) is 10.6 Å². The van der Waals surface area contributed by atoms with Crippen LogP contribution >= 0.6 is 0 Å². The Morgan fingerprint density at radius 1 is 1.00 bits per heavy atom. The number of hydrogen-bond acceptors (Lipinski definition) is 2. The van der Waals surface area contributed by atoms with Crippen LogP contribution in [-0.2, 0) is 22.2 Å². The van der Waals surface area contributed by atoms with Gasteiger partial charge < -0.3 is 10.6 Å². The highest BCUT2D eigenvalue weighted by Gasteiger charge is 2.48. The van der Waals surface area contributed by atoms with Crippen LogP contribution in [0.1, 0.15) is 30.0 Å². The molecule has 0 aliphatic heterocycles. The summed E-state index contributed by atoms with van der Waals surface area (Å²) in [6.45, 7) is 3.92. The number of alkyl halides is 3. The summed E-state index contributed by atoms with van der Waals surface area (Å²) in [4.78, 5) is 24.8. The van der Waals surface area contributed by atoms with Crippen LogP contribution in [0.5, 0.6) is 0 Å². The Bertz CT molecular complexity index is 892. The third kappa shape index (κ3) is 4.35. The maximum atomic E-state index is 12.6. The average molecular weight is 390 g/mol. The lowest BCUT2D eigenvalue weighted by atomic mass is 10.1. The number of benzene rings is 2. The van der Waals surface area contributed by atoms with E-state index in [9.17, 15) is 22.8 Å². The quantitative estimate of drug-likeness (QED) is 0.771. The van der Waals surface area contributed by atoms with E-state index in [1.165, 1.54) is 12.1 Å². The lowest BCUT2D eigenvalue weighted by Crippen LogP contribution is -2.21. The molecule has 1 aliphatic carbocycles. The lowest BCUT2D eigenvalue weighted by Gasteiger charge is -2.13. The number of aryl methyl sites for hydroxylation is 2. The van der Waals surface area contributed by atoms with Crippen molar-refractivity contribution in [3.8, 4) is 0 Å². The Balaban J connectivity index is 1.59. The molecule has 1 fully saturated rings. The SMILES string of the molecule is CCc1cccc(C)c1NC(=O)C1CC1C(=O)Nc1ccc(C(F)(F)F)cc1. The summed E-state index contributed by atoms with van der Waals surface area (Å²) in [5.74, 6) is -1.48. The molecule has 2 aromatic rings. The van der Waals surface area contributed by atoms with E-state index in [0.29, 0.717) is 6.42 Å². The molecule has 0 radical (unpaired) electrons. The number of rotatable bonds is 5. The average Bonchev–Trinajstić information content (AvgIpc) is 3.44. The van der Waals surface area contributed by atoms with E-state index in [4.69, 9.17) is 0 Å². The van der Waals surface area contributed by atoms with E-state index in [1.54, 1.807) is 0 Å². The van der Waals surface area contributed by atoms with Crippen molar-refractivity contribution in [1.29, 1.82) is 0 Å². The molecular formula is C21H21F3N2O2. The highest BCUT2D eigenvalue weighted by Crippen LogP contribution is 2.41. The van der Waals surface area contributed by atoms with Gasteiger partial charge in [0.15, 0.2) is 0 Å². The van der Waals surface area contributed by atoms with Gasteiger partial charge in [0.05, 0.1) is 17.4 Å². The van der Waals surface area contributed by atoms with E-state index in [1.807, 2.05) is 32.0 Å². The van der Waals surface area contributed by atoms with Crippen LogP contribution in [0.15, 0.2) is 42.5 Å². The smallest absolute Gasteiger partial charge is 0.326 e. The number of carbonyl (C=O) groups is 2. The van der Waals surface area contributed by atoms with Gasteiger partial charge in [0.25, 0.3) is 0 Å². The monoisotopic (exact) mass is 390 g/mol. The summed E-state index contributed by atoms with van der Waals surface area (Å²) in [6.07, 6.45) is -3.22. The molecule has 1 saturated carbocycles. The van der Waals surface area contributed by atoms with Gasteiger partial charge in [-0.1, -0.05) is 25.1 Å². The summed E-state index contributed by atoms with van der Waals surface area (Å²) < 4.78 is 37.8. The number of anilines is 2. The largest absolute Gasteiger partial charge is 0.416 e. The molecule has 0 aromatic heterocycles. The predicted molar refractivity (Wildman–Crippen MR) is 101 cm³/mol. The van der Waals surface area contributed by atoms with Crippen molar-refractivity contribution in [2.75, 3.05) is 10.6 Å². The molecule has 1 aliphatic rings. The van der Waals surface area contributed by atoms with Gasteiger partial charge in [0, 0.05) is 11.4 Å². The van der Waals surface area contributed by atoms with Gasteiger partial charge in [0.1, 0.15) is 0 Å². The highest BCUT2D eigenvalue weighted by atomic mass is 19.4. The standard InChI is InChI=1S/C21H21F3N2O2/c1-3-13-6-4-5-12(2)18(13)26-20(28)17-11-16(17)19(27)25-15-9-7-14(8-10-15)21(22,23)24/h4-10,16-17H,3,11H2,1-2H3,(H,25,27)(H,26,28). The van der Waals surface area contributed by atoms with Crippen LogP contribution in [0.2, 0.25) is 0 Å². The van der Waals surface area contributed by atoms with E-state index in [-0.39, 0.29) is 17.5 Å². The van der Waals surface area contributed by atoms with Crippen LogP contribution in [0.4, 0.5) is 24.5 Å². The molecule has 3 rings (SSSR count). The van der Waals surface area contributed by atoms with Crippen molar-refractivity contribution in [3.05, 3.63) is 59.2 Å². The van der Waals surface area contributed by atoms with E-state index < -0.39 is 23.6 Å². The van der Waals surface area contributed by atoms with Gasteiger partial charge in [0.2, 0.25) is 11.8 Å². The minimum atomic E-state index is -4.42. The number of halogens is 3. The Morgan fingerprint density at radius 2 is 1.61 bits per heavy atom. The Kier molecular flexibility index (Phi) is 5.45. The Hall–Kier alpha value is -2.83. The molecule has 2 amide bonds. The minimum Gasteiger partial charge on any atom is -0.326 e. The van der Waals surface area contributed by atoms with Gasteiger partial charge in [-0.3, -0.25) is 9.59 Å². The van der Waals surface area contributed by atoms with Crippen LogP contribution in [-0.4, -0.2) is 11.8 Å². The fourth-order valence-corrected chi connectivity index (χ4v) is 3.17. The maximum absolute atomic E-state index is 12.6. The van der Waals surface area contributed by atoms with Crippen LogP contribution in [0.3, 0.4) is 0 Å². The second-order valence-electron chi connectivity index (χ2n) is 6.96. The molecule has 0 bridgehead atoms. The number of para-hydroxylation sites is 1. The fourth-order valence-electron chi connectivity index (χ4n) is 3.17. The van der Waals surface area contributed by atoms with E-state index in [0.717, 1.165) is 35.4 Å². The van der Waals surface area contributed by atoms with Crippen molar-refractivity contribution in [3.63, 3.8) is 0 Å². The van der Waals surface area contributed by atoms with Crippen LogP contribution in [0, 0.1) is 18.8 Å². The third-order valence-electron chi connectivity index (χ3n) is 4.93. The number of nitrogens with one attached hydrogen (secondary N) is 2. The zero-order valence-electron chi connectivity index (χ0n) is 15.6. The maximum Gasteiger partial charge on any atom is 0.416 e. The minimum absolute atomic E-state index is 0.212. The Morgan fingerprint density at radius 3 is 2.18 bits per heavy atom. The third-order valence-corrected chi connectivity index (χ3v) is 4.93. The van der Waals surface area contributed by atoms with Gasteiger partial charge in [-0.2, -0.15) is 13.2 Å². The molecular weight excluding hydrogens is 369 g/mol. The molecule has 0 heterocycles. The molecule has 148 valence electrons. The lowest BCUT2D eigenvalue weighted by molar-refractivity contribution is -0.137. The summed E-state index contributed by atoms with van der Waals surface area (Å²) in [7, 11) is 0. The van der Waals surface area contributed by atoms with Crippen molar-refractivity contribution >= 4 is 23.2 Å². The van der Waals surface area contributed by atoms with E-state index >= 15 is 0 Å². The van der Waals surface area contributed by atoms with Gasteiger partial charge >= 0.3 is 6.18 Å². The molecule has 4 nitrogen and oxygen atoms in total. The number of carbonyl (C=O) groups excluding carboxylic acids is 2. The van der Waals surface area contributed by atoms with Gasteiger partial charge in [-0.15, -0.1) is 0 Å². The topological polar surface area (TPSA) is 58.2 Å². The molecule has 7 heteroatoms. The van der Waals surface area contributed by atoms with Crippen LogP contribution < -0.4 is 10.6 Å². The normalized spacial score (nSPS) is 18.5. The molecule has 0 saturated heterocycles. The molecule has 2 N–H and O–H groups in total. The number of hydrogen-bond donors (Lipinski definition) is 2. The molecule has 2 aromatic carbocycles. The van der Waals surface area contributed by atoms with Gasteiger partial charge in [-0.25, -0.2) is 0 Å². The predicted octanol–water partition coefficient (Wildman–Crippen LogP) is 4.79. The summed E-state index contributed by atoms with van der Waals surface area (Å²) in [5.41, 5.74) is 2.26. The van der Waals surface area contributed by atoms with Crippen molar-refractivity contribution in [1.82, 2.24) is 0 Å². The zero-order chi connectivity index (χ0) is 20.5. The van der Waals surface area contributed by atoms with Crippen molar-refractivity contribution in [2.24, 2.45) is 11.8 Å². The zero-order valence-corrected chi connectivity index (χ0v) is 15.6. The second-order valence-corrected chi connectivity index (χ2v) is 6.96. The fraction of sp³-hybridized carbons (Fsp3) is 0.333. The molecule has 28 heavy (non-hydrogen) atoms. The van der Waals surface area contributed by atoms with Crippen LogP contribution in [0.25, 0.3) is 0 Å². The van der Waals surface area contributed by atoms with Crippen molar-refractivity contribution < 1.29 is 22.8 Å². The summed E-state index contributed by atoms with van der Waals surface area (Å²) in [5, 5.41) is 5.50. The summed E-state index contributed by atoms with van der Waals surface area (Å²) >= 11 is 0. The first-order chi connectivity index (χ1) is 13.2. The van der Waals surface area contributed by atoms with Gasteiger partial charge in [-0.05, 0) is 55.2 Å². The molecule has 2 atom stereocenters. The molecule has 0 spiro atoms. The van der Waals surface area contributed by atoms with Crippen molar-refractivity contribution in [2.45, 2.75) is 32.9 Å². The first-order valence-corrected chi connectivity index (χ1v) is 9.08. The molecule has 2 unspecified atom stereocenters. The highest BCUT2D eigenvalue weighted by molar-refractivity contribution is 6.03. The first kappa shape index (κ1) is 19.9.